The topological polar surface area (TPSA) is 0 Å². The number of hydrogen-bond donors (Lipinski definition) is 0. The zero-order chi connectivity index (χ0) is 50.2. The third-order valence-corrected chi connectivity index (χ3v) is 7.30. The highest BCUT2D eigenvalue weighted by Gasteiger charge is 3.02. The molecule has 40 heteroatoms. The lowest BCUT2D eigenvalue weighted by Crippen LogP contribution is -2.80. The van der Waals surface area contributed by atoms with Gasteiger partial charge in [0.2, 0.25) is 0 Å². The van der Waals surface area contributed by atoms with Gasteiger partial charge in [0.05, 0.1) is 0 Å². The van der Waals surface area contributed by atoms with Crippen molar-refractivity contribution in [3.8, 4) is 0 Å². The average Bonchev–Trinajstić information content (AvgIpc) is 3.02. The van der Waals surface area contributed by atoms with E-state index in [0.717, 1.165) is 0 Å². The van der Waals surface area contributed by atoms with Gasteiger partial charge in [-0.05, 0) is 0 Å². The standard InChI is InChI=1S/C20H2F40/c21-1(22)3(25,26)5(29,30)7(33,34)9(37,38)11(41,42)13(45,46)15(49,50)17(53,54)19(57,58)20(59,60)18(55,56)16(51,52)14(47,48)12(43,44)10(39,40)8(35,36)6(31,32)4(27,28)2(23)24/h1-2H. The van der Waals surface area contributed by atoms with Gasteiger partial charge in [0.25, 0.3) is 0 Å². The van der Waals surface area contributed by atoms with E-state index in [4.69, 9.17) is 0 Å². The first-order valence-electron chi connectivity index (χ1n) is 12.5. The van der Waals surface area contributed by atoms with Gasteiger partial charge in [-0.1, -0.05) is 0 Å². The first-order valence-corrected chi connectivity index (χ1v) is 12.5. The Bertz CT molecular complexity index is 1420. The molecule has 0 N–H and O–H groups in total. The van der Waals surface area contributed by atoms with Crippen molar-refractivity contribution < 1.29 is 176 Å². The molecular formula is C20H2F40. The van der Waals surface area contributed by atoms with Crippen molar-refractivity contribution in [3.05, 3.63) is 0 Å². The molecule has 0 radical (unpaired) electrons. The van der Waals surface area contributed by atoms with Crippen molar-refractivity contribution in [2.75, 3.05) is 0 Å². The highest BCUT2D eigenvalue weighted by molar-refractivity contribution is 5.23. The van der Waals surface area contributed by atoms with Crippen molar-refractivity contribution in [1.82, 2.24) is 0 Å². The molecule has 0 saturated carbocycles. The average molecular weight is 1000 g/mol. The van der Waals surface area contributed by atoms with Crippen LogP contribution in [0.1, 0.15) is 0 Å². The molecule has 60 heavy (non-hydrogen) atoms. The van der Waals surface area contributed by atoms with Gasteiger partial charge in [0.1, 0.15) is 0 Å². The maximum absolute atomic E-state index is 13.9. The second-order valence-corrected chi connectivity index (χ2v) is 11.0. The van der Waals surface area contributed by atoms with Crippen LogP contribution in [0.5, 0.6) is 0 Å². The van der Waals surface area contributed by atoms with Crippen LogP contribution in [0.25, 0.3) is 0 Å². The molecule has 0 spiro atoms. The molecule has 0 nitrogen and oxygen atoms in total. The Morgan fingerprint density at radius 2 is 0.200 bits per heavy atom. The second kappa shape index (κ2) is 13.8. The molecule has 0 bridgehead atoms. The summed E-state index contributed by atoms with van der Waals surface area (Å²) in [5, 5.41) is 0. The highest BCUT2D eigenvalue weighted by Crippen LogP contribution is 2.71. The molecule has 0 amide bonds. The van der Waals surface area contributed by atoms with Crippen molar-refractivity contribution in [3.63, 3.8) is 0 Å². The Kier molecular flexibility index (Phi) is 13.2. The molecule has 362 valence electrons. The maximum atomic E-state index is 13.9. The number of rotatable bonds is 19. The maximum Gasteiger partial charge on any atom is 0.385 e. The zero-order valence-corrected chi connectivity index (χ0v) is 25.3. The smallest absolute Gasteiger partial charge is 0.203 e. The van der Waals surface area contributed by atoms with E-state index < -0.39 is 119 Å². The molecule has 0 atom stereocenters. The Balaban J connectivity index is 7.92. The fourth-order valence-corrected chi connectivity index (χ4v) is 3.45. The third kappa shape index (κ3) is 6.16. The monoisotopic (exact) mass is 1000 g/mol. The molecule has 0 heterocycles. The van der Waals surface area contributed by atoms with Crippen LogP contribution in [0.2, 0.25) is 0 Å². The van der Waals surface area contributed by atoms with Crippen LogP contribution in [-0.2, 0) is 0 Å². The van der Waals surface area contributed by atoms with Gasteiger partial charge >= 0.3 is 119 Å². The minimum Gasteiger partial charge on any atom is -0.203 e. The van der Waals surface area contributed by atoms with Crippen LogP contribution in [-0.4, -0.2) is 119 Å². The zero-order valence-electron chi connectivity index (χ0n) is 25.3. The van der Waals surface area contributed by atoms with E-state index in [-0.39, 0.29) is 0 Å². The highest BCUT2D eigenvalue weighted by atomic mass is 19.4. The first kappa shape index (κ1) is 57.2. The van der Waals surface area contributed by atoms with E-state index in [2.05, 4.69) is 0 Å². The van der Waals surface area contributed by atoms with Crippen LogP contribution in [0.15, 0.2) is 0 Å². The molecule has 0 unspecified atom stereocenters. The molecule has 0 aromatic carbocycles. The molecule has 0 aliphatic rings. The number of alkyl halides is 40. The van der Waals surface area contributed by atoms with Gasteiger partial charge in [-0.25, -0.2) is 17.6 Å². The minimum absolute atomic E-state index is 6.60. The van der Waals surface area contributed by atoms with E-state index in [9.17, 15) is 176 Å². The summed E-state index contributed by atoms with van der Waals surface area (Å²) in [6.07, 6.45) is -13.2. The number of hydrogen-bond acceptors (Lipinski definition) is 0. The van der Waals surface area contributed by atoms with Gasteiger partial charge in [-0.2, -0.15) is 158 Å². The molecule has 0 saturated heterocycles. The fraction of sp³-hybridized carbons (Fsp3) is 1.00. The molecule has 0 aromatic rings. The van der Waals surface area contributed by atoms with Crippen molar-refractivity contribution in [1.29, 1.82) is 0 Å². The Morgan fingerprint density at radius 3 is 0.267 bits per heavy atom. The normalized spacial score (nSPS) is 17.3. The van der Waals surface area contributed by atoms with Crippen LogP contribution in [0.3, 0.4) is 0 Å². The Labute approximate surface area is 296 Å². The number of halogens is 40. The summed E-state index contributed by atoms with van der Waals surface area (Å²) in [6.45, 7) is 0. The lowest BCUT2D eigenvalue weighted by molar-refractivity contribution is -0.493. The summed E-state index contributed by atoms with van der Waals surface area (Å²) in [4.78, 5) is 0. The largest absolute Gasteiger partial charge is 0.385 e. The Morgan fingerprint density at radius 1 is 0.133 bits per heavy atom. The fourth-order valence-electron chi connectivity index (χ4n) is 3.45. The molecule has 0 aliphatic heterocycles. The molecule has 0 aliphatic carbocycles. The van der Waals surface area contributed by atoms with E-state index in [0.29, 0.717) is 0 Å². The molecular weight excluding hydrogens is 1000 g/mol. The van der Waals surface area contributed by atoms with Crippen molar-refractivity contribution in [2.24, 2.45) is 0 Å². The van der Waals surface area contributed by atoms with E-state index in [1.54, 1.807) is 0 Å². The summed E-state index contributed by atoms with van der Waals surface area (Å²) < 4.78 is 536. The predicted octanol–water partition coefficient (Wildman–Crippen LogP) is 13.0. The van der Waals surface area contributed by atoms with Crippen molar-refractivity contribution >= 4 is 0 Å². The van der Waals surface area contributed by atoms with Gasteiger partial charge in [0, 0.05) is 0 Å². The Hall–Kier alpha value is -2.80. The lowest BCUT2D eigenvalue weighted by atomic mass is 9.82. The molecule has 0 fully saturated rings. The summed E-state index contributed by atoms with van der Waals surface area (Å²) in [5.41, 5.74) is 0. The van der Waals surface area contributed by atoms with E-state index in [1.807, 2.05) is 0 Å². The molecule has 0 rings (SSSR count). The summed E-state index contributed by atoms with van der Waals surface area (Å²) in [7, 11) is 0. The van der Waals surface area contributed by atoms with Crippen LogP contribution < -0.4 is 0 Å². The second-order valence-electron chi connectivity index (χ2n) is 11.0. The van der Waals surface area contributed by atoms with Crippen LogP contribution in [0.4, 0.5) is 176 Å². The predicted molar refractivity (Wildman–Crippen MR) is 101 cm³/mol. The summed E-state index contributed by atoms with van der Waals surface area (Å²) >= 11 is 0. The van der Waals surface area contributed by atoms with Gasteiger partial charge in [-0.15, -0.1) is 0 Å². The van der Waals surface area contributed by atoms with E-state index >= 15 is 0 Å². The SMILES string of the molecule is FC(F)C(F)(F)C(F)(F)C(F)(F)C(F)(F)C(F)(F)C(F)(F)C(F)(F)C(F)(F)C(F)(F)C(F)(F)C(F)(F)C(F)(F)C(F)(F)C(F)(F)C(F)(F)C(F)(F)C(F)(F)C(F)(F)C(F)F. The minimum atomic E-state index is -10.5. The van der Waals surface area contributed by atoms with Gasteiger partial charge in [0.15, 0.2) is 0 Å². The summed E-state index contributed by atoms with van der Waals surface area (Å²) in [6, 6.07) is 0. The van der Waals surface area contributed by atoms with Crippen LogP contribution >= 0.6 is 0 Å². The van der Waals surface area contributed by atoms with Gasteiger partial charge in [-0.3, -0.25) is 0 Å². The van der Waals surface area contributed by atoms with Crippen molar-refractivity contribution in [2.45, 2.75) is 119 Å². The first-order chi connectivity index (χ1) is 25.1. The molecule has 0 aromatic heterocycles. The van der Waals surface area contributed by atoms with Crippen LogP contribution in [0, 0.1) is 0 Å². The summed E-state index contributed by atoms with van der Waals surface area (Å²) in [5.74, 6) is -178. The quantitative estimate of drug-likeness (QED) is 0.113. The lowest BCUT2D eigenvalue weighted by Gasteiger charge is -2.47. The third-order valence-electron chi connectivity index (χ3n) is 7.30. The van der Waals surface area contributed by atoms with E-state index in [1.165, 1.54) is 0 Å². The van der Waals surface area contributed by atoms with Gasteiger partial charge < -0.3 is 0 Å².